The topological polar surface area (TPSA) is 49.3 Å². The lowest BCUT2D eigenvalue weighted by Gasteiger charge is -2.37. The maximum absolute atomic E-state index is 12.0. The lowest BCUT2D eigenvalue weighted by Crippen LogP contribution is -2.49. The molecule has 0 N–H and O–H groups in total. The van der Waals surface area contributed by atoms with Crippen molar-refractivity contribution in [1.82, 2.24) is 14.9 Å². The van der Waals surface area contributed by atoms with Crippen molar-refractivity contribution < 1.29 is 4.79 Å². The van der Waals surface area contributed by atoms with Gasteiger partial charge in [0.2, 0.25) is 5.91 Å². The second-order valence-electron chi connectivity index (χ2n) is 7.23. The predicted molar refractivity (Wildman–Crippen MR) is 108 cm³/mol. The molecule has 6 heteroatoms. The first-order valence-corrected chi connectivity index (χ1v) is 10.2. The summed E-state index contributed by atoms with van der Waals surface area (Å²) in [4.78, 5) is 26.1. The number of halogens is 1. The summed E-state index contributed by atoms with van der Waals surface area (Å²) >= 11 is 6.18. The molecule has 27 heavy (non-hydrogen) atoms. The molecule has 5 nitrogen and oxygen atoms in total. The first-order valence-electron chi connectivity index (χ1n) is 9.84. The number of nitrogens with zero attached hydrogens (tertiary/aromatic N) is 4. The van der Waals surface area contributed by atoms with Crippen molar-refractivity contribution in [3.05, 3.63) is 40.5 Å². The number of hydrogen-bond donors (Lipinski definition) is 0. The molecule has 0 saturated carbocycles. The van der Waals surface area contributed by atoms with Crippen LogP contribution in [-0.2, 0) is 17.6 Å². The fraction of sp³-hybridized carbons (Fsp3) is 0.476. The minimum Gasteiger partial charge on any atom is -0.353 e. The largest absolute Gasteiger partial charge is 0.353 e. The number of aryl methyl sites for hydroxylation is 1. The molecule has 2 heterocycles. The lowest BCUT2D eigenvalue weighted by atomic mass is 9.95. The summed E-state index contributed by atoms with van der Waals surface area (Å²) in [6.45, 7) is 5.09. The van der Waals surface area contributed by atoms with E-state index in [-0.39, 0.29) is 5.91 Å². The molecule has 1 aromatic heterocycles. The summed E-state index contributed by atoms with van der Waals surface area (Å²) in [5.74, 6) is 2.04. The van der Waals surface area contributed by atoms with Crippen LogP contribution in [0, 0.1) is 0 Å². The molecular weight excluding hydrogens is 360 g/mol. The maximum atomic E-state index is 12.0. The smallest absolute Gasteiger partial charge is 0.222 e. The average Bonchev–Trinajstić information content (AvgIpc) is 2.72. The number of fused-ring (bicyclic) bond motifs is 1. The van der Waals surface area contributed by atoms with Crippen LogP contribution in [0.1, 0.15) is 37.4 Å². The van der Waals surface area contributed by atoms with Crippen molar-refractivity contribution in [3.8, 4) is 11.4 Å². The fourth-order valence-corrected chi connectivity index (χ4v) is 4.17. The molecule has 1 saturated heterocycles. The summed E-state index contributed by atoms with van der Waals surface area (Å²) in [6.07, 6.45) is 4.98. The minimum absolute atomic E-state index is 0.235. The van der Waals surface area contributed by atoms with Crippen molar-refractivity contribution in [3.63, 3.8) is 0 Å². The second kappa shape index (κ2) is 7.85. The summed E-state index contributed by atoms with van der Waals surface area (Å²) in [5.41, 5.74) is 3.42. The Morgan fingerprint density at radius 2 is 1.89 bits per heavy atom. The monoisotopic (exact) mass is 384 g/mol. The third-order valence-electron chi connectivity index (χ3n) is 5.48. The van der Waals surface area contributed by atoms with Crippen molar-refractivity contribution in [2.24, 2.45) is 0 Å². The van der Waals surface area contributed by atoms with Crippen LogP contribution in [0.5, 0.6) is 0 Å². The standard InChI is InChI=1S/C21H25ClN4O/c1-2-19(27)25-10-12-26(13-11-25)21-17-8-3-4-9-18(17)23-20(24-21)15-6-5-7-16(22)14-15/h5-7,14H,2-4,8-13H2,1H3. The number of rotatable bonds is 3. The molecule has 0 unspecified atom stereocenters. The highest BCUT2D eigenvalue weighted by Gasteiger charge is 2.26. The van der Waals surface area contributed by atoms with Gasteiger partial charge in [-0.15, -0.1) is 0 Å². The zero-order chi connectivity index (χ0) is 18.8. The molecule has 0 atom stereocenters. The van der Waals surface area contributed by atoms with E-state index >= 15 is 0 Å². The Morgan fingerprint density at radius 3 is 2.63 bits per heavy atom. The Labute approximate surface area is 165 Å². The van der Waals surface area contributed by atoms with Crippen LogP contribution in [0.15, 0.2) is 24.3 Å². The van der Waals surface area contributed by atoms with Gasteiger partial charge in [-0.25, -0.2) is 9.97 Å². The Kier molecular flexibility index (Phi) is 5.30. The number of piperazine rings is 1. The van der Waals surface area contributed by atoms with Gasteiger partial charge in [-0.3, -0.25) is 4.79 Å². The molecule has 1 aromatic carbocycles. The third-order valence-corrected chi connectivity index (χ3v) is 5.71. The van der Waals surface area contributed by atoms with E-state index in [0.29, 0.717) is 11.4 Å². The van der Waals surface area contributed by atoms with E-state index in [0.717, 1.165) is 56.2 Å². The average molecular weight is 385 g/mol. The zero-order valence-corrected chi connectivity index (χ0v) is 16.5. The Bertz CT molecular complexity index is 846. The van der Waals surface area contributed by atoms with E-state index in [1.807, 2.05) is 36.1 Å². The van der Waals surface area contributed by atoms with Gasteiger partial charge >= 0.3 is 0 Å². The van der Waals surface area contributed by atoms with Crippen molar-refractivity contribution in [2.75, 3.05) is 31.1 Å². The Hall–Kier alpha value is -2.14. The lowest BCUT2D eigenvalue weighted by molar-refractivity contribution is -0.131. The van der Waals surface area contributed by atoms with Gasteiger partial charge in [0.25, 0.3) is 0 Å². The SMILES string of the molecule is CCC(=O)N1CCN(c2nc(-c3cccc(Cl)c3)nc3c2CCCC3)CC1. The van der Waals surface area contributed by atoms with Gasteiger partial charge < -0.3 is 9.80 Å². The number of benzene rings is 1. The highest BCUT2D eigenvalue weighted by Crippen LogP contribution is 2.31. The van der Waals surface area contributed by atoms with Crippen LogP contribution in [0.3, 0.4) is 0 Å². The molecule has 142 valence electrons. The molecule has 0 spiro atoms. The van der Waals surface area contributed by atoms with E-state index in [1.54, 1.807) is 0 Å². The highest BCUT2D eigenvalue weighted by atomic mass is 35.5. The molecule has 2 aromatic rings. The van der Waals surface area contributed by atoms with Gasteiger partial charge in [0.15, 0.2) is 5.82 Å². The van der Waals surface area contributed by atoms with E-state index in [9.17, 15) is 4.79 Å². The first kappa shape index (κ1) is 18.2. The Balaban J connectivity index is 1.67. The fourth-order valence-electron chi connectivity index (χ4n) is 3.98. The van der Waals surface area contributed by atoms with Crippen LogP contribution < -0.4 is 4.90 Å². The predicted octanol–water partition coefficient (Wildman–Crippen LogP) is 3.73. The van der Waals surface area contributed by atoms with E-state index in [1.165, 1.54) is 24.1 Å². The van der Waals surface area contributed by atoms with Crippen molar-refractivity contribution >= 4 is 23.3 Å². The van der Waals surface area contributed by atoms with Gasteiger partial charge in [-0.2, -0.15) is 0 Å². The summed E-state index contributed by atoms with van der Waals surface area (Å²) < 4.78 is 0. The van der Waals surface area contributed by atoms with Gasteiger partial charge in [0, 0.05) is 54.4 Å². The second-order valence-corrected chi connectivity index (χ2v) is 7.67. The molecule has 4 rings (SSSR count). The molecular formula is C21H25ClN4O. The maximum Gasteiger partial charge on any atom is 0.222 e. The molecule has 1 aliphatic heterocycles. The summed E-state index contributed by atoms with van der Waals surface area (Å²) in [6, 6.07) is 7.75. The minimum atomic E-state index is 0.235. The molecule has 2 aliphatic rings. The van der Waals surface area contributed by atoms with Crippen molar-refractivity contribution in [2.45, 2.75) is 39.0 Å². The van der Waals surface area contributed by atoms with Crippen LogP contribution in [-0.4, -0.2) is 47.0 Å². The van der Waals surface area contributed by atoms with Crippen molar-refractivity contribution in [1.29, 1.82) is 0 Å². The van der Waals surface area contributed by atoms with Gasteiger partial charge in [-0.1, -0.05) is 30.7 Å². The van der Waals surface area contributed by atoms with E-state index in [2.05, 4.69) is 4.90 Å². The molecule has 1 aliphatic carbocycles. The van der Waals surface area contributed by atoms with Gasteiger partial charge in [-0.05, 0) is 37.8 Å². The van der Waals surface area contributed by atoms with E-state index < -0.39 is 0 Å². The normalized spacial score (nSPS) is 17.0. The Morgan fingerprint density at radius 1 is 1.11 bits per heavy atom. The molecule has 0 bridgehead atoms. The van der Waals surface area contributed by atoms with Gasteiger partial charge in [0.05, 0.1) is 0 Å². The number of carbonyl (C=O) groups excluding carboxylic acids is 1. The zero-order valence-electron chi connectivity index (χ0n) is 15.7. The van der Waals surface area contributed by atoms with Crippen LogP contribution in [0.2, 0.25) is 5.02 Å². The van der Waals surface area contributed by atoms with Gasteiger partial charge in [0.1, 0.15) is 5.82 Å². The first-order chi connectivity index (χ1) is 13.2. The highest BCUT2D eigenvalue weighted by molar-refractivity contribution is 6.30. The number of aromatic nitrogens is 2. The van der Waals surface area contributed by atoms with Crippen LogP contribution in [0.4, 0.5) is 5.82 Å². The summed E-state index contributed by atoms with van der Waals surface area (Å²) in [7, 11) is 0. The van der Waals surface area contributed by atoms with Crippen LogP contribution >= 0.6 is 11.6 Å². The number of anilines is 1. The molecule has 1 amide bonds. The number of carbonyl (C=O) groups is 1. The van der Waals surface area contributed by atoms with E-state index in [4.69, 9.17) is 21.6 Å². The number of amides is 1. The molecule has 1 fully saturated rings. The molecule has 0 radical (unpaired) electrons. The number of hydrogen-bond acceptors (Lipinski definition) is 4. The third kappa shape index (κ3) is 3.79. The van der Waals surface area contributed by atoms with Crippen LogP contribution in [0.25, 0.3) is 11.4 Å². The quantitative estimate of drug-likeness (QED) is 0.808. The summed E-state index contributed by atoms with van der Waals surface area (Å²) in [5, 5.41) is 0.696.